The maximum atomic E-state index is 14.1. The molecule has 6 nitrogen and oxygen atoms in total. The number of nitrogens with zero attached hydrogens (tertiary/aromatic N) is 2. The van der Waals surface area contributed by atoms with E-state index in [1.807, 2.05) is 99.0 Å². The van der Waals surface area contributed by atoms with Crippen molar-refractivity contribution < 1.29 is 31.6 Å². The molecule has 1 amide bonds. The molecule has 0 aliphatic rings. The molecule has 0 saturated heterocycles. The number of amides is 1. The zero-order valence-electron chi connectivity index (χ0n) is 21.6. The Labute approximate surface area is 234 Å². The van der Waals surface area contributed by atoms with Gasteiger partial charge in [0.05, 0.1) is 39.7 Å². The van der Waals surface area contributed by atoms with Crippen LogP contribution in [-0.2, 0) is 0 Å². The van der Waals surface area contributed by atoms with Crippen molar-refractivity contribution in [3.63, 3.8) is 0 Å². The number of methoxy groups -OCH3 is 2. The number of aliphatic imine (C=N–C) groups is 1. The predicted octanol–water partition coefficient (Wildman–Crippen LogP) is 2.56. The first kappa shape index (κ1) is 28.7. The number of hydrogen-bond acceptors (Lipinski definition) is 4. The number of anilines is 1. The largest absolute Gasteiger partial charge is 1.00 e. The Morgan fingerprint density at radius 3 is 1.74 bits per heavy atom. The number of ether oxygens (including phenoxy) is 2. The van der Waals surface area contributed by atoms with Gasteiger partial charge in [0.1, 0.15) is 23.0 Å². The molecule has 0 aliphatic heterocycles. The lowest BCUT2D eigenvalue weighted by Crippen LogP contribution is -3.00. The summed E-state index contributed by atoms with van der Waals surface area (Å²) >= 11 is 6.19. The number of hydrogen-bond donors (Lipinski definition) is 1. The summed E-state index contributed by atoms with van der Waals surface area (Å²) < 4.78 is 10.6. The van der Waals surface area contributed by atoms with Crippen LogP contribution in [0.5, 0.6) is 11.5 Å². The molecule has 0 heterocycles. The maximum absolute atomic E-state index is 14.1. The van der Waals surface area contributed by atoms with Crippen molar-refractivity contribution >= 4 is 40.4 Å². The second kappa shape index (κ2) is 13.1. The summed E-state index contributed by atoms with van der Waals surface area (Å²) in [6, 6.07) is 29.6. The molecule has 0 aliphatic carbocycles. The van der Waals surface area contributed by atoms with Gasteiger partial charge in [-0.25, -0.2) is 4.99 Å². The van der Waals surface area contributed by atoms with Crippen LogP contribution in [0.2, 0.25) is 5.02 Å². The molecule has 4 aromatic carbocycles. The Balaban J connectivity index is 0.00000400. The average Bonchev–Trinajstić information content (AvgIpc) is 2.94. The molecule has 0 aromatic heterocycles. The summed E-state index contributed by atoms with van der Waals surface area (Å²) in [5.74, 6) is 1.65. The molecular weight excluding hydrogens is 521 g/mol. The van der Waals surface area contributed by atoms with Crippen LogP contribution in [0, 0.1) is 0 Å². The summed E-state index contributed by atoms with van der Waals surface area (Å²) in [5.41, 5.74) is 3.67. The summed E-state index contributed by atoms with van der Waals surface area (Å²) in [5, 5.41) is 0.594. The van der Waals surface area contributed by atoms with E-state index in [9.17, 15) is 4.79 Å². The first-order valence-electron chi connectivity index (χ1n) is 11.8. The number of rotatable bonds is 7. The van der Waals surface area contributed by atoms with E-state index in [2.05, 4.69) is 0 Å². The Kier molecular flexibility index (Phi) is 9.91. The zero-order valence-corrected chi connectivity index (χ0v) is 23.1. The number of nitrogens with one attached hydrogen (secondary N) is 1. The van der Waals surface area contributed by atoms with Crippen LogP contribution in [0.15, 0.2) is 102 Å². The topological polar surface area (TPSA) is 55.6 Å². The van der Waals surface area contributed by atoms with E-state index in [1.54, 1.807) is 31.3 Å². The van der Waals surface area contributed by atoms with Crippen molar-refractivity contribution in [1.82, 2.24) is 0 Å². The number of benzene rings is 4. The van der Waals surface area contributed by atoms with Crippen molar-refractivity contribution in [2.75, 3.05) is 33.2 Å². The van der Waals surface area contributed by atoms with Gasteiger partial charge in [0, 0.05) is 16.1 Å². The van der Waals surface area contributed by atoms with E-state index in [-0.39, 0.29) is 18.3 Å². The van der Waals surface area contributed by atoms with E-state index in [0.29, 0.717) is 33.5 Å². The molecule has 38 heavy (non-hydrogen) atoms. The zero-order chi connectivity index (χ0) is 26.4. The first-order valence-corrected chi connectivity index (χ1v) is 12.1. The first-order chi connectivity index (χ1) is 17.9. The van der Waals surface area contributed by atoms with Gasteiger partial charge in [-0.1, -0.05) is 11.6 Å². The number of quaternary nitrogens is 1. The molecule has 1 N–H and O–H groups in total. The maximum Gasteiger partial charge on any atom is 0.264 e. The third-order valence-corrected chi connectivity index (χ3v) is 6.12. The van der Waals surface area contributed by atoms with Gasteiger partial charge in [0.2, 0.25) is 0 Å². The lowest BCUT2D eigenvalue weighted by molar-refractivity contribution is -0.786. The molecule has 0 spiro atoms. The van der Waals surface area contributed by atoms with Crippen LogP contribution in [0.4, 0.5) is 17.1 Å². The van der Waals surface area contributed by atoms with E-state index in [0.717, 1.165) is 17.0 Å². The molecule has 0 radical (unpaired) electrons. The van der Waals surface area contributed by atoms with E-state index >= 15 is 0 Å². The fourth-order valence-electron chi connectivity index (χ4n) is 3.76. The molecule has 0 atom stereocenters. The smallest absolute Gasteiger partial charge is 0.264 e. The second-order valence-electron chi connectivity index (χ2n) is 8.56. The number of carbonyl (C=O) groups is 1. The van der Waals surface area contributed by atoms with Crippen LogP contribution in [-0.4, -0.2) is 40.1 Å². The normalized spacial score (nSPS) is 11.1. The molecule has 4 aromatic rings. The van der Waals surface area contributed by atoms with Crippen LogP contribution in [0.3, 0.4) is 0 Å². The van der Waals surface area contributed by atoms with Crippen molar-refractivity contribution in [1.29, 1.82) is 0 Å². The Morgan fingerprint density at radius 1 is 0.737 bits per heavy atom. The van der Waals surface area contributed by atoms with Gasteiger partial charge in [-0.3, -0.25) is 9.69 Å². The third-order valence-electron chi connectivity index (χ3n) is 5.86. The number of amidine groups is 1. The van der Waals surface area contributed by atoms with Crippen LogP contribution < -0.4 is 31.7 Å². The minimum absolute atomic E-state index is 0. The quantitative estimate of drug-likeness (QED) is 0.285. The van der Waals surface area contributed by atoms with Gasteiger partial charge in [-0.05, 0) is 97.1 Å². The van der Waals surface area contributed by atoms with Gasteiger partial charge < -0.3 is 26.8 Å². The third kappa shape index (κ3) is 6.72. The summed E-state index contributed by atoms with van der Waals surface area (Å²) in [7, 11) is 7.31. The Hall–Kier alpha value is -3.84. The van der Waals surface area contributed by atoms with Crippen molar-refractivity contribution in [2.24, 2.45) is 4.99 Å². The molecule has 0 saturated carbocycles. The minimum Gasteiger partial charge on any atom is -1.00 e. The standard InChI is InChI=1S/C30H28ClN3O3.ClH/c1-33(2)25-13-7-22(8-14-25)30(35)34(26-15-19-28(37-4)20-16-26)29(21-5-9-23(31)10-6-21)32-24-11-17-27(36-3)18-12-24;/h5-20H,1-4H3;1H. The number of halogens is 2. The molecule has 0 bridgehead atoms. The van der Waals surface area contributed by atoms with Crippen molar-refractivity contribution in [3.05, 3.63) is 113 Å². The fourth-order valence-corrected chi connectivity index (χ4v) is 3.89. The summed E-state index contributed by atoms with van der Waals surface area (Å²) in [4.78, 5) is 21.8. The monoisotopic (exact) mass is 549 g/mol. The number of carbonyl (C=O) groups excluding carboxylic acids is 1. The van der Waals surface area contributed by atoms with Gasteiger partial charge in [-0.2, -0.15) is 0 Å². The lowest BCUT2D eigenvalue weighted by atomic mass is 10.1. The van der Waals surface area contributed by atoms with Gasteiger partial charge in [0.25, 0.3) is 5.91 Å². The van der Waals surface area contributed by atoms with Gasteiger partial charge >= 0.3 is 0 Å². The average molecular weight is 550 g/mol. The fraction of sp³-hybridized carbons (Fsp3) is 0.133. The van der Waals surface area contributed by atoms with E-state index in [4.69, 9.17) is 26.1 Å². The van der Waals surface area contributed by atoms with Crippen molar-refractivity contribution in [3.8, 4) is 11.5 Å². The Morgan fingerprint density at radius 2 is 1.24 bits per heavy atom. The highest BCUT2D eigenvalue weighted by molar-refractivity contribution is 6.31. The highest BCUT2D eigenvalue weighted by Crippen LogP contribution is 2.27. The summed E-state index contributed by atoms with van der Waals surface area (Å²) in [6.07, 6.45) is 0. The SMILES string of the molecule is COc1ccc(N=C(c2ccc(Cl)cc2)N(C(=O)c2ccc([NH+](C)C)cc2)c2ccc(OC)cc2)cc1.[Cl-]. The van der Waals surface area contributed by atoms with Crippen LogP contribution >= 0.6 is 11.6 Å². The molecule has 4 rings (SSSR count). The highest BCUT2D eigenvalue weighted by atomic mass is 35.5. The molecule has 0 fully saturated rings. The second-order valence-corrected chi connectivity index (χ2v) is 8.99. The Bertz CT molecular complexity index is 1370. The molecule has 0 unspecified atom stereocenters. The predicted molar refractivity (Wildman–Crippen MR) is 149 cm³/mol. The highest BCUT2D eigenvalue weighted by Gasteiger charge is 2.25. The van der Waals surface area contributed by atoms with Gasteiger partial charge in [0.15, 0.2) is 0 Å². The van der Waals surface area contributed by atoms with Crippen LogP contribution in [0.25, 0.3) is 0 Å². The minimum atomic E-state index is -0.215. The van der Waals surface area contributed by atoms with E-state index < -0.39 is 0 Å². The van der Waals surface area contributed by atoms with Gasteiger partial charge in [-0.15, -0.1) is 0 Å². The van der Waals surface area contributed by atoms with E-state index in [1.165, 1.54) is 4.90 Å². The summed E-state index contributed by atoms with van der Waals surface area (Å²) in [6.45, 7) is 0. The van der Waals surface area contributed by atoms with Crippen LogP contribution in [0.1, 0.15) is 15.9 Å². The molecule has 8 heteroatoms. The molecule has 196 valence electrons. The molecular formula is C30H29Cl2N3O3. The lowest BCUT2D eigenvalue weighted by Gasteiger charge is -2.25. The van der Waals surface area contributed by atoms with Crippen molar-refractivity contribution in [2.45, 2.75) is 0 Å².